The molecule has 88 valence electrons. The maximum Gasteiger partial charge on any atom is 0.358 e. The molecule has 0 atom stereocenters. The molecule has 0 saturated heterocycles. The van der Waals surface area contributed by atoms with Crippen LogP contribution in [0.1, 0.15) is 29.0 Å². The fourth-order valence-electron chi connectivity index (χ4n) is 1.87. The molecule has 2 aromatic heterocycles. The monoisotopic (exact) mass is 234 g/mol. The molecule has 7 heteroatoms. The minimum absolute atomic E-state index is 0.0277. The third-order valence-corrected chi connectivity index (χ3v) is 2.67. The van der Waals surface area contributed by atoms with E-state index in [4.69, 9.17) is 9.52 Å². The van der Waals surface area contributed by atoms with E-state index in [2.05, 4.69) is 20.5 Å². The van der Waals surface area contributed by atoms with E-state index in [9.17, 15) is 4.79 Å². The van der Waals surface area contributed by atoms with E-state index in [1.165, 1.54) is 0 Å². The predicted octanol–water partition coefficient (Wildman–Crippen LogP) is 1.25. The van der Waals surface area contributed by atoms with Crippen LogP contribution >= 0.6 is 0 Å². The number of carboxylic acids is 1. The van der Waals surface area contributed by atoms with Gasteiger partial charge in [0.05, 0.1) is 12.2 Å². The summed E-state index contributed by atoms with van der Waals surface area (Å²) in [5, 5.41) is 18.4. The molecule has 3 rings (SSSR count). The van der Waals surface area contributed by atoms with Crippen LogP contribution in [0.3, 0.4) is 0 Å². The molecule has 0 fully saturated rings. The van der Waals surface area contributed by atoms with Gasteiger partial charge in [-0.25, -0.2) is 9.78 Å². The Bertz CT molecular complexity index is 599. The molecule has 0 aliphatic carbocycles. The summed E-state index contributed by atoms with van der Waals surface area (Å²) in [6.45, 7) is 2.40. The van der Waals surface area contributed by atoms with Crippen LogP contribution in [0.4, 0.5) is 5.69 Å². The van der Waals surface area contributed by atoms with Crippen molar-refractivity contribution in [2.75, 3.05) is 5.32 Å². The Morgan fingerprint density at radius 3 is 3.12 bits per heavy atom. The first kappa shape index (κ1) is 9.88. The second-order valence-electron chi connectivity index (χ2n) is 3.72. The topological polar surface area (TPSA) is 104 Å². The predicted molar refractivity (Wildman–Crippen MR) is 57.7 cm³/mol. The molecule has 0 unspecified atom stereocenters. The number of oxazole rings is 1. The second kappa shape index (κ2) is 3.34. The van der Waals surface area contributed by atoms with Crippen LogP contribution < -0.4 is 5.32 Å². The largest absolute Gasteiger partial charge is 0.476 e. The van der Waals surface area contributed by atoms with E-state index in [-0.39, 0.29) is 5.69 Å². The quantitative estimate of drug-likeness (QED) is 0.722. The Labute approximate surface area is 95.9 Å². The molecule has 0 amide bonds. The summed E-state index contributed by atoms with van der Waals surface area (Å²) in [5.74, 6) is 0.139. The molecule has 1 aliphatic heterocycles. The smallest absolute Gasteiger partial charge is 0.358 e. The van der Waals surface area contributed by atoms with Crippen molar-refractivity contribution in [3.8, 4) is 11.5 Å². The standard InChI is InChI=1S/C10H10N4O3/c1-2-5-12-4-3-11-6-7(9(4)17-5)13-14-8(6)10(15)16/h11H,2-3H2,1H3,(H,13,14)(H,15,16). The Morgan fingerprint density at radius 2 is 2.41 bits per heavy atom. The highest BCUT2D eigenvalue weighted by molar-refractivity contribution is 5.96. The van der Waals surface area contributed by atoms with Crippen molar-refractivity contribution in [3.05, 3.63) is 17.3 Å². The van der Waals surface area contributed by atoms with Gasteiger partial charge in [0.2, 0.25) is 0 Å². The van der Waals surface area contributed by atoms with Gasteiger partial charge in [-0.3, -0.25) is 5.10 Å². The van der Waals surface area contributed by atoms with E-state index in [1.807, 2.05) is 6.92 Å². The molecule has 3 N–H and O–H groups in total. The first-order chi connectivity index (χ1) is 8.20. The molecule has 0 bridgehead atoms. The van der Waals surface area contributed by atoms with Crippen molar-refractivity contribution < 1.29 is 14.3 Å². The number of carboxylic acid groups (broad SMARTS) is 1. The molecule has 17 heavy (non-hydrogen) atoms. The maximum atomic E-state index is 10.9. The summed E-state index contributed by atoms with van der Waals surface area (Å²) in [6.07, 6.45) is 0.697. The zero-order chi connectivity index (χ0) is 12.0. The van der Waals surface area contributed by atoms with Crippen LogP contribution in [-0.4, -0.2) is 26.3 Å². The number of anilines is 1. The van der Waals surface area contributed by atoms with Crippen molar-refractivity contribution in [3.63, 3.8) is 0 Å². The number of hydrogen-bond donors (Lipinski definition) is 3. The number of hydrogen-bond acceptors (Lipinski definition) is 5. The third-order valence-electron chi connectivity index (χ3n) is 2.67. The average molecular weight is 234 g/mol. The van der Waals surface area contributed by atoms with Crippen LogP contribution in [0.2, 0.25) is 0 Å². The third kappa shape index (κ3) is 1.32. The van der Waals surface area contributed by atoms with E-state index in [0.717, 1.165) is 5.69 Å². The summed E-state index contributed by atoms with van der Waals surface area (Å²) in [4.78, 5) is 15.2. The summed E-state index contributed by atoms with van der Waals surface area (Å²) in [5.41, 5.74) is 1.76. The van der Waals surface area contributed by atoms with Gasteiger partial charge >= 0.3 is 5.97 Å². The number of aromatic amines is 1. The van der Waals surface area contributed by atoms with Gasteiger partial charge in [-0.2, -0.15) is 5.10 Å². The lowest BCUT2D eigenvalue weighted by atomic mass is 10.1. The number of nitrogens with zero attached hydrogens (tertiary/aromatic N) is 2. The zero-order valence-corrected chi connectivity index (χ0v) is 9.07. The molecule has 0 aromatic carbocycles. The molecule has 3 heterocycles. The Balaban J connectivity index is 2.16. The van der Waals surface area contributed by atoms with Crippen LogP contribution in [0.25, 0.3) is 11.5 Å². The van der Waals surface area contributed by atoms with E-state index < -0.39 is 5.97 Å². The molecule has 0 saturated carbocycles. The van der Waals surface area contributed by atoms with Gasteiger partial charge in [0.25, 0.3) is 0 Å². The van der Waals surface area contributed by atoms with Gasteiger partial charge in [0.1, 0.15) is 11.4 Å². The van der Waals surface area contributed by atoms with E-state index in [0.29, 0.717) is 36.0 Å². The number of fused-ring (bicyclic) bond motifs is 3. The minimum atomic E-state index is -1.08. The fraction of sp³-hybridized carbons (Fsp3) is 0.300. The number of aromatic nitrogens is 3. The summed E-state index contributed by atoms with van der Waals surface area (Å²) >= 11 is 0. The van der Waals surface area contributed by atoms with Crippen molar-refractivity contribution in [2.24, 2.45) is 0 Å². The lowest BCUT2D eigenvalue weighted by Crippen LogP contribution is -2.10. The van der Waals surface area contributed by atoms with Crippen LogP contribution in [0.15, 0.2) is 4.42 Å². The minimum Gasteiger partial charge on any atom is -0.476 e. The zero-order valence-electron chi connectivity index (χ0n) is 9.07. The van der Waals surface area contributed by atoms with Gasteiger partial charge in [-0.15, -0.1) is 0 Å². The number of nitrogens with one attached hydrogen (secondary N) is 2. The van der Waals surface area contributed by atoms with Crippen molar-refractivity contribution >= 4 is 11.7 Å². The van der Waals surface area contributed by atoms with Gasteiger partial charge in [0.15, 0.2) is 17.3 Å². The number of aryl methyl sites for hydroxylation is 1. The lowest BCUT2D eigenvalue weighted by molar-refractivity contribution is 0.0691. The number of carbonyl (C=O) groups is 1. The lowest BCUT2D eigenvalue weighted by Gasteiger charge is -2.11. The highest BCUT2D eigenvalue weighted by Gasteiger charge is 2.28. The first-order valence-corrected chi connectivity index (χ1v) is 5.25. The Hall–Kier alpha value is -2.31. The highest BCUT2D eigenvalue weighted by Crippen LogP contribution is 2.36. The molecule has 0 spiro atoms. The van der Waals surface area contributed by atoms with Crippen LogP contribution in [0.5, 0.6) is 0 Å². The van der Waals surface area contributed by atoms with E-state index in [1.54, 1.807) is 0 Å². The second-order valence-corrected chi connectivity index (χ2v) is 3.72. The van der Waals surface area contributed by atoms with Crippen LogP contribution in [-0.2, 0) is 13.0 Å². The number of aromatic carboxylic acids is 1. The van der Waals surface area contributed by atoms with Crippen molar-refractivity contribution in [1.29, 1.82) is 0 Å². The first-order valence-electron chi connectivity index (χ1n) is 5.25. The van der Waals surface area contributed by atoms with Crippen molar-refractivity contribution in [1.82, 2.24) is 15.2 Å². The summed E-state index contributed by atoms with van der Waals surface area (Å²) in [6, 6.07) is 0. The van der Waals surface area contributed by atoms with Crippen LogP contribution in [0, 0.1) is 0 Å². The molecule has 1 aliphatic rings. The van der Waals surface area contributed by atoms with Gasteiger partial charge in [-0.1, -0.05) is 6.92 Å². The van der Waals surface area contributed by atoms with Gasteiger partial charge in [0, 0.05) is 6.42 Å². The summed E-state index contributed by atoms with van der Waals surface area (Å²) in [7, 11) is 0. The molecule has 0 radical (unpaired) electrons. The maximum absolute atomic E-state index is 10.9. The summed E-state index contributed by atoms with van der Waals surface area (Å²) < 4.78 is 5.56. The van der Waals surface area contributed by atoms with Gasteiger partial charge in [-0.05, 0) is 0 Å². The Morgan fingerprint density at radius 1 is 1.59 bits per heavy atom. The molecular weight excluding hydrogens is 224 g/mol. The van der Waals surface area contributed by atoms with E-state index >= 15 is 0 Å². The number of H-pyrrole nitrogens is 1. The average Bonchev–Trinajstić information content (AvgIpc) is 2.91. The molecule has 7 nitrogen and oxygen atoms in total. The molecule has 2 aromatic rings. The Kier molecular flexibility index (Phi) is 1.94. The number of rotatable bonds is 2. The van der Waals surface area contributed by atoms with Crippen molar-refractivity contribution in [2.45, 2.75) is 19.9 Å². The highest BCUT2D eigenvalue weighted by atomic mass is 16.4. The van der Waals surface area contributed by atoms with Gasteiger partial charge < -0.3 is 14.8 Å². The fourth-order valence-corrected chi connectivity index (χ4v) is 1.87. The SMILES string of the molecule is CCc1nc2c(o1)-c1[nH]nc(C(=O)O)c1NC2. The normalized spacial score (nSPS) is 12.8. The molecular formula is C10H10N4O3.